The molecule has 3 fully saturated rings. The summed E-state index contributed by atoms with van der Waals surface area (Å²) in [6.07, 6.45) is 9.26. The van der Waals surface area contributed by atoms with Gasteiger partial charge in [0.1, 0.15) is 0 Å². The van der Waals surface area contributed by atoms with Crippen LogP contribution in [-0.2, 0) is 9.59 Å². The summed E-state index contributed by atoms with van der Waals surface area (Å²) in [5.41, 5.74) is 3.52. The van der Waals surface area contributed by atoms with Crippen LogP contribution < -0.4 is 10.6 Å². The van der Waals surface area contributed by atoms with E-state index in [0.29, 0.717) is 24.2 Å². The van der Waals surface area contributed by atoms with Gasteiger partial charge in [0.05, 0.1) is 6.04 Å². The average molecular weight is 483 g/mol. The number of hydrogen-bond acceptors (Lipinski definition) is 2. The minimum atomic E-state index is -0.135. The zero-order valence-corrected chi connectivity index (χ0v) is 21.5. The van der Waals surface area contributed by atoms with Crippen molar-refractivity contribution in [3.05, 3.63) is 83.6 Å². The second kappa shape index (κ2) is 8.90. The van der Waals surface area contributed by atoms with Crippen LogP contribution in [0.25, 0.3) is 0 Å². The van der Waals surface area contributed by atoms with Crippen molar-refractivity contribution >= 4 is 11.8 Å². The summed E-state index contributed by atoms with van der Waals surface area (Å²) < 4.78 is 0. The van der Waals surface area contributed by atoms with Crippen LogP contribution >= 0.6 is 0 Å². The molecule has 2 N–H and O–H groups in total. The van der Waals surface area contributed by atoms with E-state index in [9.17, 15) is 9.59 Å². The van der Waals surface area contributed by atoms with Gasteiger partial charge in [-0.3, -0.25) is 9.59 Å². The lowest BCUT2D eigenvalue weighted by molar-refractivity contribution is -0.133. The number of allylic oxidation sites excluding steroid dienone is 2. The zero-order chi connectivity index (χ0) is 24.9. The first-order chi connectivity index (χ1) is 17.4. The van der Waals surface area contributed by atoms with Crippen molar-refractivity contribution in [1.29, 1.82) is 0 Å². The summed E-state index contributed by atoms with van der Waals surface area (Å²) in [6, 6.07) is 20.5. The van der Waals surface area contributed by atoms with E-state index in [4.69, 9.17) is 0 Å². The molecule has 0 radical (unpaired) electrons. The highest BCUT2D eigenvalue weighted by Gasteiger charge is 2.60. The van der Waals surface area contributed by atoms with Gasteiger partial charge in [0.15, 0.2) is 0 Å². The Hall–Kier alpha value is -2.88. The average Bonchev–Trinajstić information content (AvgIpc) is 3.26. The molecule has 1 unspecified atom stereocenters. The molecular formula is C32H38N2O2. The molecule has 2 saturated carbocycles. The second-order valence-electron chi connectivity index (χ2n) is 12.1. The summed E-state index contributed by atoms with van der Waals surface area (Å²) in [5, 5.41) is 6.68. The Morgan fingerprint density at radius 1 is 0.917 bits per heavy atom. The molecular weight excluding hydrogens is 444 g/mol. The lowest BCUT2D eigenvalue weighted by Gasteiger charge is -2.57. The largest absolute Gasteiger partial charge is 0.345 e. The minimum absolute atomic E-state index is 0.0305. The van der Waals surface area contributed by atoms with E-state index in [1.807, 2.05) is 36.4 Å². The van der Waals surface area contributed by atoms with Crippen LogP contribution in [0, 0.1) is 34.5 Å². The van der Waals surface area contributed by atoms with Crippen LogP contribution in [0.15, 0.2) is 72.4 Å². The van der Waals surface area contributed by atoms with Crippen molar-refractivity contribution in [3.63, 3.8) is 0 Å². The van der Waals surface area contributed by atoms with Crippen molar-refractivity contribution < 1.29 is 9.59 Å². The quantitative estimate of drug-likeness (QED) is 0.549. The normalized spacial score (nSPS) is 35.2. The van der Waals surface area contributed by atoms with Gasteiger partial charge in [0.2, 0.25) is 11.8 Å². The number of amides is 2. The van der Waals surface area contributed by atoms with Crippen molar-refractivity contribution in [2.45, 2.75) is 64.8 Å². The van der Waals surface area contributed by atoms with Gasteiger partial charge in [-0.2, -0.15) is 0 Å². The monoisotopic (exact) mass is 482 g/mol. The van der Waals surface area contributed by atoms with Crippen LogP contribution in [-0.4, -0.2) is 11.8 Å². The Bertz CT molecular complexity index is 1140. The minimum Gasteiger partial charge on any atom is -0.345 e. The molecule has 1 saturated heterocycles. The van der Waals surface area contributed by atoms with Gasteiger partial charge in [-0.25, -0.2) is 0 Å². The molecule has 4 aliphatic rings. The molecule has 6 atom stereocenters. The smallest absolute Gasteiger partial charge is 0.224 e. The third-order valence-electron chi connectivity index (χ3n) is 10.5. The van der Waals surface area contributed by atoms with E-state index >= 15 is 0 Å². The Kier molecular flexibility index (Phi) is 5.81. The highest BCUT2D eigenvalue weighted by molar-refractivity contribution is 5.81. The topological polar surface area (TPSA) is 58.2 Å². The lowest BCUT2D eigenvalue weighted by Crippen LogP contribution is -2.54. The van der Waals surface area contributed by atoms with Gasteiger partial charge in [0.25, 0.3) is 0 Å². The van der Waals surface area contributed by atoms with Gasteiger partial charge in [-0.15, -0.1) is 0 Å². The fourth-order valence-electron chi connectivity index (χ4n) is 8.52. The van der Waals surface area contributed by atoms with Gasteiger partial charge < -0.3 is 10.6 Å². The molecule has 4 heteroatoms. The number of benzene rings is 2. The Morgan fingerprint density at radius 2 is 1.58 bits per heavy atom. The molecule has 4 nitrogen and oxygen atoms in total. The molecule has 36 heavy (non-hydrogen) atoms. The molecule has 0 spiro atoms. The molecule has 188 valence electrons. The van der Waals surface area contributed by atoms with Crippen molar-refractivity contribution in [1.82, 2.24) is 10.6 Å². The maximum atomic E-state index is 14.0. The van der Waals surface area contributed by atoms with E-state index in [-0.39, 0.29) is 34.6 Å². The van der Waals surface area contributed by atoms with Crippen LogP contribution in [0.5, 0.6) is 0 Å². The summed E-state index contributed by atoms with van der Waals surface area (Å²) in [4.78, 5) is 26.0. The van der Waals surface area contributed by atoms with Crippen molar-refractivity contribution in [2.24, 2.45) is 34.5 Å². The lowest BCUT2D eigenvalue weighted by atomic mass is 9.49. The van der Waals surface area contributed by atoms with E-state index in [1.165, 1.54) is 5.70 Å². The van der Waals surface area contributed by atoms with Crippen molar-refractivity contribution in [2.75, 3.05) is 0 Å². The standard InChI is InChI=1S/C32H38N2O2/c1-31-19-17-25-23(13-16-27-32(25,2)20-18-28(35)33-27)24(31)14-15-26(31)30(36)34-29(21-9-5-3-6-10-21)22-11-7-4-8-12-22/h3-12,16,23-26,29H,13-15,17-20H2,1-2H3,(H,33,35)(H,34,36)/t23-,24-,25-,26?,31-,32+/m0/s1. The van der Waals surface area contributed by atoms with Gasteiger partial charge >= 0.3 is 0 Å². The molecule has 1 aliphatic heterocycles. The molecule has 0 bridgehead atoms. The predicted octanol–water partition coefficient (Wildman–Crippen LogP) is 6.15. The summed E-state index contributed by atoms with van der Waals surface area (Å²) in [7, 11) is 0. The number of piperidine rings is 1. The highest BCUT2D eigenvalue weighted by Crippen LogP contribution is 2.65. The summed E-state index contributed by atoms with van der Waals surface area (Å²) in [5.74, 6) is 2.18. The van der Waals surface area contributed by atoms with E-state index in [1.54, 1.807) is 0 Å². The number of carbonyl (C=O) groups excluding carboxylic acids is 2. The summed E-state index contributed by atoms with van der Waals surface area (Å²) in [6.45, 7) is 4.77. The molecule has 6 rings (SSSR count). The molecule has 1 heterocycles. The first-order valence-corrected chi connectivity index (χ1v) is 13.8. The highest BCUT2D eigenvalue weighted by atomic mass is 16.2. The zero-order valence-electron chi connectivity index (χ0n) is 21.5. The first kappa shape index (κ1) is 23.5. The second-order valence-corrected chi connectivity index (χ2v) is 12.1. The predicted molar refractivity (Wildman–Crippen MR) is 142 cm³/mol. The number of carbonyl (C=O) groups is 2. The van der Waals surface area contributed by atoms with Crippen LogP contribution in [0.3, 0.4) is 0 Å². The first-order valence-electron chi connectivity index (χ1n) is 13.8. The number of fused-ring (bicyclic) bond motifs is 5. The Morgan fingerprint density at radius 3 is 2.25 bits per heavy atom. The van der Waals surface area contributed by atoms with Gasteiger partial charge in [0, 0.05) is 23.5 Å². The number of rotatable bonds is 4. The third kappa shape index (κ3) is 3.72. The van der Waals surface area contributed by atoms with Crippen LogP contribution in [0.1, 0.15) is 76.0 Å². The SMILES string of the molecule is C[C@]12CCC(=O)NC1=CC[C@@H]1[C@@H]2CC[C@]2(C)C(C(=O)NC(c3ccccc3)c3ccccc3)CC[C@@H]12. The Labute approximate surface area is 214 Å². The molecule has 3 aliphatic carbocycles. The fourth-order valence-corrected chi connectivity index (χ4v) is 8.52. The van der Waals surface area contributed by atoms with Crippen LogP contribution in [0.4, 0.5) is 0 Å². The van der Waals surface area contributed by atoms with Gasteiger partial charge in [-0.1, -0.05) is 80.6 Å². The molecule has 2 amide bonds. The molecule has 2 aromatic carbocycles. The van der Waals surface area contributed by atoms with Crippen molar-refractivity contribution in [3.8, 4) is 0 Å². The van der Waals surface area contributed by atoms with Crippen LogP contribution in [0.2, 0.25) is 0 Å². The summed E-state index contributed by atoms with van der Waals surface area (Å²) >= 11 is 0. The third-order valence-corrected chi connectivity index (χ3v) is 10.5. The number of hydrogen-bond donors (Lipinski definition) is 2. The maximum Gasteiger partial charge on any atom is 0.224 e. The van der Waals surface area contributed by atoms with E-state index in [2.05, 4.69) is 54.8 Å². The van der Waals surface area contributed by atoms with E-state index in [0.717, 1.165) is 49.7 Å². The number of nitrogens with one attached hydrogen (secondary N) is 2. The maximum absolute atomic E-state index is 14.0. The molecule has 2 aromatic rings. The Balaban J connectivity index is 1.25. The fraction of sp³-hybridized carbons (Fsp3) is 0.500. The van der Waals surface area contributed by atoms with E-state index < -0.39 is 0 Å². The van der Waals surface area contributed by atoms with Gasteiger partial charge in [-0.05, 0) is 72.8 Å². The molecule has 0 aromatic heterocycles.